The standard InChI is InChI=1S/C12H15N3O3/c16-7-10-4-3-9(17-10)5-13-6-11-14-12(18-15-11)8-1-2-8/h3-4,8,13,16H,1-2,5-7H2. The summed E-state index contributed by atoms with van der Waals surface area (Å²) in [4.78, 5) is 4.31. The van der Waals surface area contributed by atoms with E-state index in [1.807, 2.05) is 6.07 Å². The Kier molecular flexibility index (Phi) is 3.12. The van der Waals surface area contributed by atoms with E-state index in [9.17, 15) is 0 Å². The number of nitrogens with one attached hydrogen (secondary N) is 1. The zero-order valence-corrected chi connectivity index (χ0v) is 9.93. The maximum Gasteiger partial charge on any atom is 0.229 e. The molecule has 0 radical (unpaired) electrons. The molecule has 0 amide bonds. The van der Waals surface area contributed by atoms with Crippen molar-refractivity contribution in [3.05, 3.63) is 35.4 Å². The fraction of sp³-hybridized carbons (Fsp3) is 0.500. The minimum Gasteiger partial charge on any atom is -0.462 e. The highest BCUT2D eigenvalue weighted by atomic mass is 16.5. The van der Waals surface area contributed by atoms with Gasteiger partial charge in [0, 0.05) is 5.92 Å². The number of aromatic nitrogens is 2. The molecule has 0 unspecified atom stereocenters. The van der Waals surface area contributed by atoms with Crippen LogP contribution in [0.4, 0.5) is 0 Å². The number of nitrogens with zero attached hydrogens (tertiary/aromatic N) is 2. The Morgan fingerprint density at radius 2 is 2.11 bits per heavy atom. The summed E-state index contributed by atoms with van der Waals surface area (Å²) in [5.74, 6) is 3.27. The quantitative estimate of drug-likeness (QED) is 0.803. The van der Waals surface area contributed by atoms with E-state index in [1.165, 1.54) is 0 Å². The Hall–Kier alpha value is -1.66. The van der Waals surface area contributed by atoms with E-state index in [0.717, 1.165) is 24.5 Å². The van der Waals surface area contributed by atoms with Gasteiger partial charge in [0.25, 0.3) is 0 Å². The Balaban J connectivity index is 1.48. The van der Waals surface area contributed by atoms with E-state index in [-0.39, 0.29) is 6.61 Å². The zero-order chi connectivity index (χ0) is 12.4. The fourth-order valence-electron chi connectivity index (χ4n) is 1.74. The van der Waals surface area contributed by atoms with Gasteiger partial charge in [-0.25, -0.2) is 0 Å². The second kappa shape index (κ2) is 4.91. The molecule has 6 heteroatoms. The van der Waals surface area contributed by atoms with Gasteiger partial charge >= 0.3 is 0 Å². The van der Waals surface area contributed by atoms with Crippen molar-refractivity contribution in [3.63, 3.8) is 0 Å². The summed E-state index contributed by atoms with van der Waals surface area (Å²) in [6.45, 7) is 1.05. The second-order valence-corrected chi connectivity index (χ2v) is 4.45. The molecule has 1 aliphatic rings. The molecule has 0 aromatic carbocycles. The summed E-state index contributed by atoms with van der Waals surface area (Å²) < 4.78 is 10.5. The Morgan fingerprint density at radius 3 is 2.83 bits per heavy atom. The van der Waals surface area contributed by atoms with Crippen molar-refractivity contribution in [2.45, 2.75) is 38.5 Å². The number of aliphatic hydroxyl groups is 1. The molecule has 18 heavy (non-hydrogen) atoms. The molecule has 0 saturated heterocycles. The number of hydrogen-bond donors (Lipinski definition) is 2. The third-order valence-electron chi connectivity index (χ3n) is 2.87. The van der Waals surface area contributed by atoms with Crippen LogP contribution >= 0.6 is 0 Å². The molecular weight excluding hydrogens is 234 g/mol. The zero-order valence-electron chi connectivity index (χ0n) is 9.93. The van der Waals surface area contributed by atoms with Gasteiger partial charge in [-0.3, -0.25) is 0 Å². The van der Waals surface area contributed by atoms with Crippen LogP contribution in [0.2, 0.25) is 0 Å². The third-order valence-corrected chi connectivity index (χ3v) is 2.87. The Morgan fingerprint density at radius 1 is 1.28 bits per heavy atom. The predicted octanol–water partition coefficient (Wildman–Crippen LogP) is 1.32. The lowest BCUT2D eigenvalue weighted by Crippen LogP contribution is -2.13. The molecular formula is C12H15N3O3. The third kappa shape index (κ3) is 2.60. The van der Waals surface area contributed by atoms with Crippen molar-refractivity contribution in [1.29, 1.82) is 0 Å². The van der Waals surface area contributed by atoms with E-state index in [1.54, 1.807) is 6.07 Å². The first-order valence-corrected chi connectivity index (χ1v) is 6.07. The van der Waals surface area contributed by atoms with Crippen LogP contribution in [-0.2, 0) is 19.7 Å². The molecule has 1 aliphatic carbocycles. The van der Waals surface area contributed by atoms with E-state index in [0.29, 0.717) is 30.6 Å². The largest absolute Gasteiger partial charge is 0.462 e. The van der Waals surface area contributed by atoms with Crippen LogP contribution in [0.3, 0.4) is 0 Å². The molecule has 0 atom stereocenters. The van der Waals surface area contributed by atoms with Gasteiger partial charge in [0.1, 0.15) is 18.1 Å². The molecule has 0 bridgehead atoms. The molecule has 3 rings (SSSR count). The summed E-state index contributed by atoms with van der Waals surface area (Å²) in [7, 11) is 0. The lowest BCUT2D eigenvalue weighted by molar-refractivity contribution is 0.242. The van der Waals surface area contributed by atoms with Gasteiger partial charge in [-0.15, -0.1) is 0 Å². The van der Waals surface area contributed by atoms with Crippen molar-refractivity contribution >= 4 is 0 Å². The second-order valence-electron chi connectivity index (χ2n) is 4.45. The summed E-state index contributed by atoms with van der Waals surface area (Å²) in [5, 5.41) is 15.9. The van der Waals surface area contributed by atoms with E-state index >= 15 is 0 Å². The topological polar surface area (TPSA) is 84.3 Å². The molecule has 1 saturated carbocycles. The van der Waals surface area contributed by atoms with Gasteiger partial charge in [-0.2, -0.15) is 4.98 Å². The van der Waals surface area contributed by atoms with Crippen molar-refractivity contribution in [2.75, 3.05) is 0 Å². The molecule has 2 heterocycles. The van der Waals surface area contributed by atoms with E-state index < -0.39 is 0 Å². The molecule has 96 valence electrons. The van der Waals surface area contributed by atoms with Crippen LogP contribution in [0, 0.1) is 0 Å². The molecule has 2 aromatic rings. The maximum atomic E-state index is 8.87. The molecule has 1 fully saturated rings. The summed E-state index contributed by atoms with van der Waals surface area (Å²) in [5.41, 5.74) is 0. The summed E-state index contributed by atoms with van der Waals surface area (Å²) in [6, 6.07) is 3.60. The SMILES string of the molecule is OCc1ccc(CNCc2noc(C3CC3)n2)o1. The fourth-order valence-corrected chi connectivity index (χ4v) is 1.74. The number of rotatable bonds is 6. The summed E-state index contributed by atoms with van der Waals surface area (Å²) in [6.07, 6.45) is 2.32. The minimum absolute atomic E-state index is 0.0738. The van der Waals surface area contributed by atoms with Gasteiger partial charge in [0.2, 0.25) is 5.89 Å². The van der Waals surface area contributed by atoms with Crippen LogP contribution in [0.15, 0.2) is 21.1 Å². The van der Waals surface area contributed by atoms with Crippen LogP contribution < -0.4 is 5.32 Å². The highest BCUT2D eigenvalue weighted by Gasteiger charge is 2.29. The van der Waals surface area contributed by atoms with Crippen molar-refractivity contribution in [1.82, 2.24) is 15.5 Å². The van der Waals surface area contributed by atoms with Crippen LogP contribution in [0.25, 0.3) is 0 Å². The van der Waals surface area contributed by atoms with E-state index in [4.69, 9.17) is 14.0 Å². The predicted molar refractivity (Wildman–Crippen MR) is 61.4 cm³/mol. The smallest absolute Gasteiger partial charge is 0.229 e. The normalized spacial score (nSPS) is 15.2. The molecule has 0 aliphatic heterocycles. The molecule has 2 aromatic heterocycles. The summed E-state index contributed by atoms with van der Waals surface area (Å²) >= 11 is 0. The lowest BCUT2D eigenvalue weighted by atomic mass is 10.4. The van der Waals surface area contributed by atoms with Crippen molar-refractivity contribution in [2.24, 2.45) is 0 Å². The molecule has 0 spiro atoms. The van der Waals surface area contributed by atoms with Crippen LogP contribution in [0.5, 0.6) is 0 Å². The first kappa shape index (κ1) is 11.4. The first-order chi connectivity index (χ1) is 8.85. The van der Waals surface area contributed by atoms with Crippen LogP contribution in [0.1, 0.15) is 42.0 Å². The Labute approximate surface area is 104 Å². The highest BCUT2D eigenvalue weighted by molar-refractivity contribution is 5.06. The van der Waals surface area contributed by atoms with Gasteiger partial charge in [0.05, 0.1) is 13.1 Å². The van der Waals surface area contributed by atoms with Crippen molar-refractivity contribution < 1.29 is 14.0 Å². The highest BCUT2D eigenvalue weighted by Crippen LogP contribution is 2.38. The number of furan rings is 1. The maximum absolute atomic E-state index is 8.87. The van der Waals surface area contributed by atoms with E-state index in [2.05, 4.69) is 15.5 Å². The van der Waals surface area contributed by atoms with Crippen molar-refractivity contribution in [3.8, 4) is 0 Å². The average molecular weight is 249 g/mol. The monoisotopic (exact) mass is 249 g/mol. The van der Waals surface area contributed by atoms with Gasteiger partial charge in [-0.1, -0.05) is 5.16 Å². The average Bonchev–Trinajstić information content (AvgIpc) is 2.96. The van der Waals surface area contributed by atoms with Gasteiger partial charge in [0.15, 0.2) is 5.82 Å². The molecule has 6 nitrogen and oxygen atoms in total. The minimum atomic E-state index is -0.0738. The molecule has 2 N–H and O–H groups in total. The van der Waals surface area contributed by atoms with Gasteiger partial charge in [-0.05, 0) is 25.0 Å². The van der Waals surface area contributed by atoms with Crippen LogP contribution in [-0.4, -0.2) is 15.2 Å². The number of hydrogen-bond acceptors (Lipinski definition) is 6. The Bertz CT molecular complexity index is 516. The number of aliphatic hydroxyl groups excluding tert-OH is 1. The lowest BCUT2D eigenvalue weighted by Gasteiger charge is -1.97. The van der Waals surface area contributed by atoms with Gasteiger partial charge < -0.3 is 19.4 Å². The first-order valence-electron chi connectivity index (χ1n) is 6.07.